The minimum absolute atomic E-state index is 0. The summed E-state index contributed by atoms with van der Waals surface area (Å²) >= 11 is 0. The van der Waals surface area contributed by atoms with Gasteiger partial charge in [-0.05, 0) is 56.2 Å². The number of rotatable bonds is 11. The van der Waals surface area contributed by atoms with E-state index in [9.17, 15) is 4.79 Å². The molecule has 1 amide bonds. The molecule has 1 heterocycles. The number of carbonyl (C=O) groups is 1. The number of benzene rings is 1. The standard InChI is InChI=1S/C15H24N6O2.2ClH/c16-8-3-4-9-17-10-5-11-18-15(22)12-23-21-14-7-2-1-6-13(14)19-20-21;;/h1-2,6-7,17H,3-5,8-12,16H2,(H,18,22);2*1H. The van der Waals surface area contributed by atoms with Crippen molar-refractivity contribution in [1.82, 2.24) is 25.8 Å². The predicted octanol–water partition coefficient (Wildman–Crippen LogP) is 0.538. The second-order valence-electron chi connectivity index (χ2n) is 5.17. The van der Waals surface area contributed by atoms with Gasteiger partial charge < -0.3 is 21.2 Å². The molecule has 0 aliphatic carbocycles. The maximum atomic E-state index is 11.7. The van der Waals surface area contributed by atoms with E-state index in [4.69, 9.17) is 10.6 Å². The highest BCUT2D eigenvalue weighted by Gasteiger charge is 2.06. The Balaban J connectivity index is 0.00000288. The number of unbranched alkanes of at least 4 members (excludes halogenated alkanes) is 1. The summed E-state index contributed by atoms with van der Waals surface area (Å²) in [6.45, 7) is 3.10. The largest absolute Gasteiger partial charge is 0.385 e. The molecule has 0 spiro atoms. The van der Waals surface area contributed by atoms with Crippen LogP contribution < -0.4 is 21.2 Å². The first-order valence-electron chi connectivity index (χ1n) is 7.92. The van der Waals surface area contributed by atoms with Gasteiger partial charge in [0.15, 0.2) is 6.61 Å². The molecule has 8 nitrogen and oxygen atoms in total. The van der Waals surface area contributed by atoms with Crippen LogP contribution in [0, 0.1) is 0 Å². The van der Waals surface area contributed by atoms with Crippen LogP contribution in [0.2, 0.25) is 0 Å². The fourth-order valence-electron chi connectivity index (χ4n) is 2.07. The van der Waals surface area contributed by atoms with Gasteiger partial charge in [-0.2, -0.15) is 0 Å². The highest BCUT2D eigenvalue weighted by molar-refractivity contribution is 5.85. The number of halogens is 2. The predicted molar refractivity (Wildman–Crippen MR) is 102 cm³/mol. The average molecular weight is 393 g/mol. The molecule has 0 atom stereocenters. The lowest BCUT2D eigenvalue weighted by atomic mass is 10.3. The number of fused-ring (bicyclic) bond motifs is 1. The van der Waals surface area contributed by atoms with E-state index in [1.54, 1.807) is 0 Å². The van der Waals surface area contributed by atoms with Crippen molar-refractivity contribution in [1.29, 1.82) is 0 Å². The molecule has 0 saturated carbocycles. The topological polar surface area (TPSA) is 107 Å². The molecular weight excluding hydrogens is 367 g/mol. The zero-order chi connectivity index (χ0) is 16.3. The van der Waals surface area contributed by atoms with Gasteiger partial charge in [0.2, 0.25) is 0 Å². The molecule has 0 aliphatic rings. The fraction of sp³-hybridized carbons (Fsp3) is 0.533. The van der Waals surface area contributed by atoms with Gasteiger partial charge in [-0.3, -0.25) is 4.79 Å². The summed E-state index contributed by atoms with van der Waals surface area (Å²) in [6, 6.07) is 7.41. The van der Waals surface area contributed by atoms with Crippen LogP contribution in [0.15, 0.2) is 24.3 Å². The Hall–Kier alpha value is -1.61. The summed E-state index contributed by atoms with van der Waals surface area (Å²) in [6.07, 6.45) is 3.00. The smallest absolute Gasteiger partial charge is 0.260 e. The van der Waals surface area contributed by atoms with Gasteiger partial charge >= 0.3 is 0 Å². The normalized spacial score (nSPS) is 9.96. The number of nitrogens with one attached hydrogen (secondary N) is 2. The molecule has 0 bridgehead atoms. The highest BCUT2D eigenvalue weighted by atomic mass is 35.5. The summed E-state index contributed by atoms with van der Waals surface area (Å²) in [5, 5.41) is 13.9. The summed E-state index contributed by atoms with van der Waals surface area (Å²) < 4.78 is 0. The van der Waals surface area contributed by atoms with Crippen LogP contribution in [0.1, 0.15) is 19.3 Å². The van der Waals surface area contributed by atoms with Crippen molar-refractivity contribution in [2.75, 3.05) is 32.8 Å². The number of carbonyl (C=O) groups excluding carboxylic acids is 1. The third-order valence-electron chi connectivity index (χ3n) is 3.30. The molecule has 0 saturated heterocycles. The molecule has 0 unspecified atom stereocenters. The molecule has 2 rings (SSSR count). The molecule has 0 aliphatic heterocycles. The number of nitrogens with two attached hydrogens (primary N) is 1. The molecule has 4 N–H and O–H groups in total. The van der Waals surface area contributed by atoms with E-state index in [0.29, 0.717) is 6.54 Å². The van der Waals surface area contributed by atoms with Crippen molar-refractivity contribution in [3.05, 3.63) is 24.3 Å². The van der Waals surface area contributed by atoms with Gasteiger partial charge in [-0.1, -0.05) is 17.0 Å². The first-order valence-corrected chi connectivity index (χ1v) is 7.92. The van der Waals surface area contributed by atoms with Gasteiger partial charge in [0.05, 0.1) is 0 Å². The molecule has 2 aromatic rings. The fourth-order valence-corrected chi connectivity index (χ4v) is 2.07. The van der Waals surface area contributed by atoms with Crippen LogP contribution in [0.5, 0.6) is 0 Å². The maximum Gasteiger partial charge on any atom is 0.260 e. The second-order valence-corrected chi connectivity index (χ2v) is 5.17. The minimum Gasteiger partial charge on any atom is -0.385 e. The Bertz CT molecular complexity index is 610. The van der Waals surface area contributed by atoms with Crippen LogP contribution in [-0.4, -0.2) is 53.9 Å². The molecule has 142 valence electrons. The number of amides is 1. The maximum absolute atomic E-state index is 11.7. The summed E-state index contributed by atoms with van der Waals surface area (Å²) in [7, 11) is 0. The zero-order valence-corrected chi connectivity index (χ0v) is 15.7. The van der Waals surface area contributed by atoms with Crippen LogP contribution in [-0.2, 0) is 4.79 Å². The van der Waals surface area contributed by atoms with Crippen LogP contribution in [0.3, 0.4) is 0 Å². The van der Waals surface area contributed by atoms with Gasteiger partial charge in [-0.15, -0.1) is 29.9 Å². The average Bonchev–Trinajstić information content (AvgIpc) is 2.98. The Morgan fingerprint density at radius 1 is 1.12 bits per heavy atom. The molecule has 10 heteroatoms. The molecule has 25 heavy (non-hydrogen) atoms. The van der Waals surface area contributed by atoms with E-state index in [1.807, 2.05) is 24.3 Å². The SMILES string of the molecule is Cl.Cl.NCCCCNCCCNC(=O)COn1nnc2ccccc21. The first-order chi connectivity index (χ1) is 11.3. The van der Waals surface area contributed by atoms with Crippen LogP contribution in [0.25, 0.3) is 11.0 Å². The van der Waals surface area contributed by atoms with Crippen molar-refractivity contribution < 1.29 is 9.63 Å². The lowest BCUT2D eigenvalue weighted by Crippen LogP contribution is -2.33. The van der Waals surface area contributed by atoms with Gasteiger partial charge in [0.25, 0.3) is 5.91 Å². The number of para-hydroxylation sites is 1. The Labute approximate surface area is 159 Å². The Kier molecular flexibility index (Phi) is 12.8. The van der Waals surface area contributed by atoms with Crippen molar-refractivity contribution in [3.63, 3.8) is 0 Å². The Morgan fingerprint density at radius 2 is 1.88 bits per heavy atom. The highest BCUT2D eigenvalue weighted by Crippen LogP contribution is 2.07. The Morgan fingerprint density at radius 3 is 2.68 bits per heavy atom. The lowest BCUT2D eigenvalue weighted by molar-refractivity contribution is -0.126. The summed E-state index contributed by atoms with van der Waals surface area (Å²) in [4.78, 5) is 18.3. The quantitative estimate of drug-likeness (QED) is 0.481. The monoisotopic (exact) mass is 392 g/mol. The van der Waals surface area contributed by atoms with E-state index >= 15 is 0 Å². The molecule has 1 aromatic carbocycles. The number of nitrogens with zero attached hydrogens (tertiary/aromatic N) is 3. The summed E-state index contributed by atoms with van der Waals surface area (Å²) in [5.41, 5.74) is 6.89. The van der Waals surface area contributed by atoms with E-state index in [2.05, 4.69) is 20.9 Å². The third kappa shape index (κ3) is 8.35. The van der Waals surface area contributed by atoms with E-state index in [1.165, 1.54) is 4.85 Å². The van der Waals surface area contributed by atoms with Crippen molar-refractivity contribution in [2.24, 2.45) is 5.73 Å². The molecule has 0 fully saturated rings. The van der Waals surface area contributed by atoms with Gasteiger partial charge in [-0.25, -0.2) is 0 Å². The van der Waals surface area contributed by atoms with Gasteiger partial charge in [0.1, 0.15) is 11.0 Å². The van der Waals surface area contributed by atoms with E-state index < -0.39 is 0 Å². The third-order valence-corrected chi connectivity index (χ3v) is 3.30. The molecule has 0 radical (unpaired) electrons. The lowest BCUT2D eigenvalue weighted by Gasteiger charge is -2.07. The summed E-state index contributed by atoms with van der Waals surface area (Å²) in [5.74, 6) is -0.173. The van der Waals surface area contributed by atoms with Crippen LogP contribution >= 0.6 is 24.8 Å². The van der Waals surface area contributed by atoms with E-state index in [0.717, 1.165) is 49.9 Å². The molecular formula is C15H26Cl2N6O2. The van der Waals surface area contributed by atoms with Crippen molar-refractivity contribution in [2.45, 2.75) is 19.3 Å². The minimum atomic E-state index is -0.173. The zero-order valence-electron chi connectivity index (χ0n) is 14.0. The van der Waals surface area contributed by atoms with Crippen LogP contribution in [0.4, 0.5) is 0 Å². The first kappa shape index (κ1) is 23.4. The van der Waals surface area contributed by atoms with Crippen molar-refractivity contribution >= 4 is 41.8 Å². The van der Waals surface area contributed by atoms with Gasteiger partial charge in [0, 0.05) is 6.54 Å². The number of hydrogen-bond acceptors (Lipinski definition) is 6. The van der Waals surface area contributed by atoms with E-state index in [-0.39, 0.29) is 37.3 Å². The second kappa shape index (κ2) is 13.7. The number of hydrogen-bond donors (Lipinski definition) is 3. The number of aromatic nitrogens is 3. The van der Waals surface area contributed by atoms with Crippen molar-refractivity contribution in [3.8, 4) is 0 Å². The molecule has 1 aromatic heterocycles.